The minimum absolute atomic E-state index is 0.305. The molecule has 0 saturated heterocycles. The molecule has 0 saturated carbocycles. The van der Waals surface area contributed by atoms with Gasteiger partial charge in [-0.3, -0.25) is 19.4 Å². The first-order valence-corrected chi connectivity index (χ1v) is 6.07. The summed E-state index contributed by atoms with van der Waals surface area (Å²) in [7, 11) is 1.57. The zero-order valence-corrected chi connectivity index (χ0v) is 10.9. The van der Waals surface area contributed by atoms with Crippen molar-refractivity contribution in [2.75, 3.05) is 5.73 Å². The van der Waals surface area contributed by atoms with Gasteiger partial charge < -0.3 is 5.73 Å². The van der Waals surface area contributed by atoms with Crippen molar-refractivity contribution in [3.05, 3.63) is 43.9 Å². The van der Waals surface area contributed by atoms with Crippen LogP contribution in [-0.2, 0) is 7.05 Å². The quantitative estimate of drug-likeness (QED) is 0.630. The van der Waals surface area contributed by atoms with Crippen molar-refractivity contribution in [3.8, 4) is 0 Å². The van der Waals surface area contributed by atoms with Gasteiger partial charge in [0.15, 0.2) is 5.16 Å². The zero-order chi connectivity index (χ0) is 13.3. The second-order valence-electron chi connectivity index (χ2n) is 3.46. The van der Waals surface area contributed by atoms with Crippen LogP contribution in [0, 0.1) is 0 Å². The van der Waals surface area contributed by atoms with E-state index in [4.69, 9.17) is 17.3 Å². The molecule has 2 aromatic rings. The fourth-order valence-electron chi connectivity index (χ4n) is 1.28. The highest BCUT2D eigenvalue weighted by Crippen LogP contribution is 2.35. The van der Waals surface area contributed by atoms with E-state index < -0.39 is 11.1 Å². The van der Waals surface area contributed by atoms with Gasteiger partial charge >= 0.3 is 11.1 Å². The number of hydrogen-bond donors (Lipinski definition) is 2. The number of H-pyrrole nitrogens is 1. The second-order valence-corrected chi connectivity index (χ2v) is 4.84. The van der Waals surface area contributed by atoms with Gasteiger partial charge in [0.05, 0.1) is 9.92 Å². The van der Waals surface area contributed by atoms with Gasteiger partial charge in [-0.05, 0) is 23.9 Å². The molecule has 0 bridgehead atoms. The van der Waals surface area contributed by atoms with Gasteiger partial charge in [-0.2, -0.15) is 4.98 Å². The highest BCUT2D eigenvalue weighted by Gasteiger charge is 2.11. The fourth-order valence-corrected chi connectivity index (χ4v) is 2.42. The van der Waals surface area contributed by atoms with Gasteiger partial charge in [-0.15, -0.1) is 0 Å². The number of hydrogen-bond acceptors (Lipinski definition) is 5. The van der Waals surface area contributed by atoms with E-state index in [2.05, 4.69) is 10.1 Å². The Bertz CT molecular complexity index is 690. The number of nitrogen functional groups attached to an aromatic ring is 1. The third kappa shape index (κ3) is 2.41. The lowest BCUT2D eigenvalue weighted by atomic mass is 10.3. The second kappa shape index (κ2) is 4.87. The maximum Gasteiger partial charge on any atom is 0.339 e. The minimum Gasteiger partial charge on any atom is -0.398 e. The minimum atomic E-state index is -0.846. The topological polar surface area (TPSA) is 93.8 Å². The van der Waals surface area contributed by atoms with E-state index in [1.165, 1.54) is 4.68 Å². The van der Waals surface area contributed by atoms with E-state index >= 15 is 0 Å². The van der Waals surface area contributed by atoms with E-state index in [1.54, 1.807) is 25.2 Å². The number of nitrogens with two attached hydrogens (primary N) is 1. The van der Waals surface area contributed by atoms with Crippen LogP contribution in [0.25, 0.3) is 0 Å². The van der Waals surface area contributed by atoms with Crippen molar-refractivity contribution < 1.29 is 0 Å². The SMILES string of the molecule is Cn1[nH]c(=O)c(=O)nc1Sc1c(N)cccc1Cl. The smallest absolute Gasteiger partial charge is 0.339 e. The predicted molar refractivity (Wildman–Crippen MR) is 70.1 cm³/mol. The third-order valence-electron chi connectivity index (χ3n) is 2.14. The van der Waals surface area contributed by atoms with E-state index in [1.807, 2.05) is 0 Å². The standard InChI is InChI=1S/C10H9ClN4O2S/c1-15-10(13-8(16)9(17)14-15)18-7-5(11)3-2-4-6(7)12/h2-4H,12H2,1H3,(H,14,17). The number of aryl methyl sites for hydroxylation is 1. The molecule has 1 aromatic carbocycles. The van der Waals surface area contributed by atoms with Crippen molar-refractivity contribution in [1.29, 1.82) is 0 Å². The molecule has 2 rings (SSSR count). The average molecular weight is 285 g/mol. The molecule has 0 aliphatic heterocycles. The van der Waals surface area contributed by atoms with Gasteiger partial charge in [-0.25, -0.2) is 0 Å². The van der Waals surface area contributed by atoms with Crippen LogP contribution in [0.1, 0.15) is 0 Å². The van der Waals surface area contributed by atoms with E-state index in [-0.39, 0.29) is 0 Å². The molecule has 0 spiro atoms. The van der Waals surface area contributed by atoms with Crippen LogP contribution >= 0.6 is 23.4 Å². The van der Waals surface area contributed by atoms with Crippen LogP contribution < -0.4 is 16.9 Å². The monoisotopic (exact) mass is 284 g/mol. The van der Waals surface area contributed by atoms with E-state index in [9.17, 15) is 9.59 Å². The first-order valence-electron chi connectivity index (χ1n) is 4.88. The number of nitrogens with one attached hydrogen (secondary N) is 1. The van der Waals surface area contributed by atoms with Gasteiger partial charge in [0.2, 0.25) is 0 Å². The molecule has 18 heavy (non-hydrogen) atoms. The molecule has 0 radical (unpaired) electrons. The summed E-state index contributed by atoms with van der Waals surface area (Å²) >= 11 is 7.13. The van der Waals surface area contributed by atoms with Crippen molar-refractivity contribution in [3.63, 3.8) is 0 Å². The molecule has 1 heterocycles. The normalized spacial score (nSPS) is 10.6. The maximum absolute atomic E-state index is 11.2. The Hall–Kier alpha value is -1.73. The summed E-state index contributed by atoms with van der Waals surface area (Å²) in [5.41, 5.74) is 4.66. The summed E-state index contributed by atoms with van der Waals surface area (Å²) in [5, 5.41) is 3.11. The van der Waals surface area contributed by atoms with Crippen molar-refractivity contribution in [2.45, 2.75) is 10.1 Å². The fraction of sp³-hybridized carbons (Fsp3) is 0.100. The molecule has 3 N–H and O–H groups in total. The average Bonchev–Trinajstić information content (AvgIpc) is 2.30. The summed E-state index contributed by atoms with van der Waals surface area (Å²) < 4.78 is 1.34. The predicted octanol–water partition coefficient (Wildman–Crippen LogP) is 0.855. The highest BCUT2D eigenvalue weighted by atomic mass is 35.5. The van der Waals surface area contributed by atoms with Crippen LogP contribution in [0.5, 0.6) is 0 Å². The molecule has 0 aliphatic carbocycles. The molecule has 0 amide bonds. The Morgan fingerprint density at radius 3 is 2.83 bits per heavy atom. The largest absolute Gasteiger partial charge is 0.398 e. The Morgan fingerprint density at radius 1 is 1.44 bits per heavy atom. The van der Waals surface area contributed by atoms with Gasteiger partial charge in [-0.1, -0.05) is 17.7 Å². The molecule has 0 unspecified atom stereocenters. The Labute approximate surface area is 111 Å². The third-order valence-corrected chi connectivity index (χ3v) is 3.77. The molecule has 0 atom stereocenters. The van der Waals surface area contributed by atoms with Crippen molar-refractivity contribution in [1.82, 2.24) is 14.8 Å². The Morgan fingerprint density at radius 2 is 2.17 bits per heavy atom. The highest BCUT2D eigenvalue weighted by molar-refractivity contribution is 7.99. The summed E-state index contributed by atoms with van der Waals surface area (Å²) in [6.45, 7) is 0. The molecule has 6 nitrogen and oxygen atoms in total. The van der Waals surface area contributed by atoms with Crippen LogP contribution in [-0.4, -0.2) is 14.8 Å². The molecular weight excluding hydrogens is 276 g/mol. The van der Waals surface area contributed by atoms with Crippen LogP contribution in [0.2, 0.25) is 5.02 Å². The molecule has 0 aliphatic rings. The number of nitrogens with zero attached hydrogens (tertiary/aromatic N) is 2. The summed E-state index contributed by atoms with van der Waals surface area (Å²) in [6.07, 6.45) is 0. The maximum atomic E-state index is 11.2. The number of benzene rings is 1. The lowest BCUT2D eigenvalue weighted by Gasteiger charge is -2.09. The van der Waals surface area contributed by atoms with E-state index in [0.717, 1.165) is 11.8 Å². The van der Waals surface area contributed by atoms with Crippen molar-refractivity contribution in [2.24, 2.45) is 7.05 Å². The lowest BCUT2D eigenvalue weighted by Crippen LogP contribution is -2.33. The Balaban J connectivity index is 2.50. The summed E-state index contributed by atoms with van der Waals surface area (Å²) in [6, 6.07) is 5.10. The summed E-state index contributed by atoms with van der Waals surface area (Å²) in [4.78, 5) is 26.5. The molecular formula is C10H9ClN4O2S. The van der Waals surface area contributed by atoms with Gasteiger partial charge in [0.1, 0.15) is 0 Å². The van der Waals surface area contributed by atoms with E-state index in [0.29, 0.717) is 20.8 Å². The number of aromatic nitrogens is 3. The van der Waals surface area contributed by atoms with Gasteiger partial charge in [0, 0.05) is 12.7 Å². The van der Waals surface area contributed by atoms with Crippen LogP contribution in [0.3, 0.4) is 0 Å². The number of aromatic amines is 1. The first kappa shape index (κ1) is 12.7. The molecule has 0 fully saturated rings. The lowest BCUT2D eigenvalue weighted by molar-refractivity contribution is 0.596. The Kier molecular flexibility index (Phi) is 3.44. The van der Waals surface area contributed by atoms with Gasteiger partial charge in [0.25, 0.3) is 0 Å². The van der Waals surface area contributed by atoms with Crippen LogP contribution in [0.15, 0.2) is 37.8 Å². The molecule has 1 aromatic heterocycles. The van der Waals surface area contributed by atoms with Crippen molar-refractivity contribution >= 4 is 29.1 Å². The first-order chi connectivity index (χ1) is 8.49. The number of anilines is 1. The van der Waals surface area contributed by atoms with Crippen LogP contribution in [0.4, 0.5) is 5.69 Å². The summed E-state index contributed by atoms with van der Waals surface area (Å²) in [5.74, 6) is 0. The zero-order valence-electron chi connectivity index (χ0n) is 9.31. The number of halogens is 1. The molecule has 94 valence electrons. The molecule has 8 heteroatoms. The number of rotatable bonds is 2.